The number of carbonyl (C=O) groups is 3. The molecule has 0 spiro atoms. The van der Waals surface area contributed by atoms with Crippen LogP contribution >= 0.6 is 0 Å². The topological polar surface area (TPSA) is 103 Å². The van der Waals surface area contributed by atoms with Gasteiger partial charge in [0.25, 0.3) is 0 Å². The molecule has 29 heavy (non-hydrogen) atoms. The first kappa shape index (κ1) is 22.3. The molecule has 0 aliphatic carbocycles. The monoisotopic (exact) mass is 404 g/mol. The van der Waals surface area contributed by atoms with Crippen LogP contribution < -0.4 is 15.4 Å². The summed E-state index contributed by atoms with van der Waals surface area (Å²) < 4.78 is 15.5. The molecule has 8 heteroatoms. The Morgan fingerprint density at radius 3 is 2.59 bits per heavy atom. The summed E-state index contributed by atoms with van der Waals surface area (Å²) in [5.41, 5.74) is 3.96. The first-order valence-corrected chi connectivity index (χ1v) is 9.50. The fraction of sp³-hybridized carbons (Fsp3) is 0.476. The molecule has 1 aromatic rings. The Morgan fingerprint density at radius 2 is 1.97 bits per heavy atom. The molecule has 2 rings (SSSR count). The molecule has 8 nitrogen and oxygen atoms in total. The van der Waals surface area contributed by atoms with Crippen molar-refractivity contribution in [1.29, 1.82) is 0 Å². The van der Waals surface area contributed by atoms with Crippen molar-refractivity contribution in [2.24, 2.45) is 0 Å². The Hall–Kier alpha value is -3.03. The number of nitrogens with one attached hydrogen (secondary N) is 2. The van der Waals surface area contributed by atoms with Gasteiger partial charge < -0.3 is 24.8 Å². The third-order valence-corrected chi connectivity index (χ3v) is 4.86. The highest BCUT2D eigenvalue weighted by Crippen LogP contribution is 2.41. The van der Waals surface area contributed by atoms with Crippen molar-refractivity contribution in [2.45, 2.75) is 46.6 Å². The quantitative estimate of drug-likeness (QED) is 0.509. The van der Waals surface area contributed by atoms with Gasteiger partial charge in [-0.05, 0) is 39.2 Å². The van der Waals surface area contributed by atoms with Gasteiger partial charge >= 0.3 is 18.0 Å². The van der Waals surface area contributed by atoms with Gasteiger partial charge in [-0.1, -0.05) is 11.6 Å². The summed E-state index contributed by atoms with van der Waals surface area (Å²) in [6.45, 7) is 6.19. The highest BCUT2D eigenvalue weighted by molar-refractivity contribution is 6.05. The number of hydrogen-bond donors (Lipinski definition) is 2. The molecule has 2 N–H and O–H groups in total. The zero-order chi connectivity index (χ0) is 21.6. The SMILES string of the molecule is CCNC(=O)Nc1c(C/C=C(\C)CCC(=O)OC)c(OC)c(C)c2c1C(=O)OC2. The Kier molecular flexibility index (Phi) is 7.64. The largest absolute Gasteiger partial charge is 0.496 e. The number of ether oxygens (including phenoxy) is 3. The molecule has 0 atom stereocenters. The zero-order valence-electron chi connectivity index (χ0n) is 17.6. The number of allylic oxidation sites excluding steroid dienone is 2. The van der Waals surface area contributed by atoms with Crippen LogP contribution in [-0.2, 0) is 27.3 Å². The van der Waals surface area contributed by atoms with Crippen LogP contribution in [0.1, 0.15) is 53.7 Å². The van der Waals surface area contributed by atoms with Crippen LogP contribution in [0.3, 0.4) is 0 Å². The van der Waals surface area contributed by atoms with Crippen LogP contribution in [0.5, 0.6) is 5.75 Å². The Labute approximate surface area is 170 Å². The van der Waals surface area contributed by atoms with E-state index in [-0.39, 0.29) is 19.0 Å². The van der Waals surface area contributed by atoms with Crippen LogP contribution in [0.2, 0.25) is 0 Å². The predicted molar refractivity (Wildman–Crippen MR) is 108 cm³/mol. The summed E-state index contributed by atoms with van der Waals surface area (Å²) in [4.78, 5) is 36.0. The molecule has 1 aliphatic heterocycles. The summed E-state index contributed by atoms with van der Waals surface area (Å²) in [6.07, 6.45) is 3.21. The Balaban J connectivity index is 2.46. The number of benzene rings is 1. The average molecular weight is 404 g/mol. The van der Waals surface area contributed by atoms with Gasteiger partial charge in [0.05, 0.1) is 25.5 Å². The number of anilines is 1. The Morgan fingerprint density at radius 1 is 1.24 bits per heavy atom. The highest BCUT2D eigenvalue weighted by Gasteiger charge is 2.32. The third kappa shape index (κ3) is 5.07. The molecular weight excluding hydrogens is 376 g/mol. The van der Waals surface area contributed by atoms with E-state index in [1.807, 2.05) is 26.8 Å². The smallest absolute Gasteiger partial charge is 0.341 e. The first-order chi connectivity index (χ1) is 13.8. The number of urea groups is 1. The molecule has 1 heterocycles. The van der Waals surface area contributed by atoms with Gasteiger partial charge in [0.1, 0.15) is 12.4 Å². The molecule has 0 bridgehead atoms. The lowest BCUT2D eigenvalue weighted by Crippen LogP contribution is -2.29. The van der Waals surface area contributed by atoms with Gasteiger partial charge in [-0.3, -0.25) is 4.79 Å². The second-order valence-corrected chi connectivity index (χ2v) is 6.76. The fourth-order valence-corrected chi connectivity index (χ4v) is 3.29. The van der Waals surface area contributed by atoms with Crippen LogP contribution in [0, 0.1) is 6.92 Å². The van der Waals surface area contributed by atoms with E-state index in [0.29, 0.717) is 47.5 Å². The number of hydrogen-bond acceptors (Lipinski definition) is 6. The molecular formula is C21H28N2O6. The summed E-state index contributed by atoms with van der Waals surface area (Å²) in [6, 6.07) is -0.409. The fourth-order valence-electron chi connectivity index (χ4n) is 3.29. The van der Waals surface area contributed by atoms with E-state index in [4.69, 9.17) is 9.47 Å². The number of esters is 2. The standard InChI is InChI=1S/C21H28N2O6/c1-6-22-21(26)23-18-14(9-7-12(2)8-10-16(24)27-4)19(28-5)13(3)15-11-29-20(25)17(15)18/h7H,6,8-11H2,1-5H3,(H2,22,23,26)/b12-7+. The van der Waals surface area contributed by atoms with Crippen molar-refractivity contribution in [3.8, 4) is 5.75 Å². The van der Waals surface area contributed by atoms with Crippen molar-refractivity contribution < 1.29 is 28.6 Å². The lowest BCUT2D eigenvalue weighted by atomic mass is 9.93. The maximum atomic E-state index is 12.4. The summed E-state index contributed by atoms with van der Waals surface area (Å²) in [5, 5.41) is 5.47. The summed E-state index contributed by atoms with van der Waals surface area (Å²) in [5.74, 6) is -0.138. The molecule has 0 fully saturated rings. The zero-order valence-corrected chi connectivity index (χ0v) is 17.6. The van der Waals surface area contributed by atoms with Crippen molar-refractivity contribution >= 4 is 23.7 Å². The molecule has 0 saturated heterocycles. The normalized spacial score (nSPS) is 12.9. The number of rotatable bonds is 8. The number of fused-ring (bicyclic) bond motifs is 1. The number of methoxy groups -OCH3 is 2. The van der Waals surface area contributed by atoms with E-state index in [9.17, 15) is 14.4 Å². The number of carbonyl (C=O) groups excluding carboxylic acids is 3. The highest BCUT2D eigenvalue weighted by atomic mass is 16.5. The minimum Gasteiger partial charge on any atom is -0.496 e. The van der Waals surface area contributed by atoms with Crippen molar-refractivity contribution in [2.75, 3.05) is 26.1 Å². The van der Waals surface area contributed by atoms with E-state index < -0.39 is 12.0 Å². The Bertz CT molecular complexity index is 844. The van der Waals surface area contributed by atoms with Gasteiger partial charge in [-0.15, -0.1) is 0 Å². The van der Waals surface area contributed by atoms with Gasteiger partial charge in [-0.2, -0.15) is 0 Å². The number of amides is 2. The van der Waals surface area contributed by atoms with E-state index in [1.54, 1.807) is 7.11 Å². The van der Waals surface area contributed by atoms with Crippen LogP contribution in [-0.4, -0.2) is 38.7 Å². The molecule has 2 amide bonds. The molecule has 0 unspecified atom stereocenters. The third-order valence-electron chi connectivity index (χ3n) is 4.86. The predicted octanol–water partition coefficient (Wildman–Crippen LogP) is 3.26. The maximum absolute atomic E-state index is 12.4. The minimum atomic E-state index is -0.467. The first-order valence-electron chi connectivity index (χ1n) is 9.50. The maximum Gasteiger partial charge on any atom is 0.341 e. The second kappa shape index (κ2) is 9.95. The average Bonchev–Trinajstić information content (AvgIpc) is 3.08. The molecule has 0 saturated carbocycles. The summed E-state index contributed by atoms with van der Waals surface area (Å²) >= 11 is 0. The van der Waals surface area contributed by atoms with Crippen LogP contribution in [0.4, 0.5) is 10.5 Å². The van der Waals surface area contributed by atoms with Crippen LogP contribution in [0.15, 0.2) is 11.6 Å². The van der Waals surface area contributed by atoms with E-state index in [2.05, 4.69) is 15.4 Å². The molecule has 158 valence electrons. The van der Waals surface area contributed by atoms with E-state index in [0.717, 1.165) is 11.1 Å². The van der Waals surface area contributed by atoms with Gasteiger partial charge in [-0.25, -0.2) is 9.59 Å². The lowest BCUT2D eigenvalue weighted by Gasteiger charge is -2.20. The van der Waals surface area contributed by atoms with Crippen molar-refractivity contribution in [1.82, 2.24) is 5.32 Å². The molecule has 0 aromatic heterocycles. The molecule has 0 radical (unpaired) electrons. The van der Waals surface area contributed by atoms with E-state index >= 15 is 0 Å². The minimum absolute atomic E-state index is 0.148. The molecule has 1 aliphatic rings. The lowest BCUT2D eigenvalue weighted by molar-refractivity contribution is -0.140. The molecule has 1 aromatic carbocycles. The van der Waals surface area contributed by atoms with Crippen LogP contribution in [0.25, 0.3) is 0 Å². The van der Waals surface area contributed by atoms with Gasteiger partial charge in [0, 0.05) is 24.1 Å². The van der Waals surface area contributed by atoms with E-state index in [1.165, 1.54) is 7.11 Å². The van der Waals surface area contributed by atoms with Crippen molar-refractivity contribution in [3.05, 3.63) is 33.9 Å². The van der Waals surface area contributed by atoms with Crippen molar-refractivity contribution in [3.63, 3.8) is 0 Å². The van der Waals surface area contributed by atoms with Gasteiger partial charge in [0.2, 0.25) is 0 Å². The second-order valence-electron chi connectivity index (χ2n) is 6.76. The summed E-state index contributed by atoms with van der Waals surface area (Å²) in [7, 11) is 2.91. The van der Waals surface area contributed by atoms with Gasteiger partial charge in [0.15, 0.2) is 0 Å². The number of cyclic esters (lactones) is 1.